The van der Waals surface area contributed by atoms with Crippen molar-refractivity contribution in [2.24, 2.45) is 5.92 Å². The highest BCUT2D eigenvalue weighted by Gasteiger charge is 2.34. The van der Waals surface area contributed by atoms with Gasteiger partial charge in [0.2, 0.25) is 5.91 Å². The van der Waals surface area contributed by atoms with E-state index in [2.05, 4.69) is 22.5 Å². The number of benzene rings is 2. The van der Waals surface area contributed by atoms with E-state index in [0.717, 1.165) is 53.7 Å². The van der Waals surface area contributed by atoms with Gasteiger partial charge in [-0.05, 0) is 80.6 Å². The number of anilines is 2. The van der Waals surface area contributed by atoms with Crippen LogP contribution in [0, 0.1) is 37.0 Å². The largest absolute Gasteiger partial charge is 0.469 e. The van der Waals surface area contributed by atoms with Crippen LogP contribution < -0.4 is 15.5 Å². The third-order valence-electron chi connectivity index (χ3n) is 6.53. The summed E-state index contributed by atoms with van der Waals surface area (Å²) in [5.74, 6) is 6.06. The standard InChI is InChI=1S/C31H38N4O5/c1-5-6-18-40-31(38)34-29(32)23-11-13-26(14-12-23)33-16-7-8-25-19-22(3)27(20-21(25)2)35(17-15-28(36)39-4)30(37)24-9-10-24/h11-14,19-20,24,33H,5-6,9-10,15-18H2,1-4H3,(H2,32,34,38). The van der Waals surface area contributed by atoms with E-state index in [1.54, 1.807) is 17.0 Å². The summed E-state index contributed by atoms with van der Waals surface area (Å²) in [6.45, 7) is 6.94. The average Bonchev–Trinajstić information content (AvgIpc) is 3.79. The zero-order valence-corrected chi connectivity index (χ0v) is 23.7. The molecular weight excluding hydrogens is 508 g/mol. The summed E-state index contributed by atoms with van der Waals surface area (Å²) in [7, 11) is 1.35. The first kappa shape index (κ1) is 30.2. The number of hydrogen-bond acceptors (Lipinski definition) is 7. The van der Waals surface area contributed by atoms with Crippen LogP contribution in [0.2, 0.25) is 0 Å². The molecule has 1 aliphatic rings. The minimum Gasteiger partial charge on any atom is -0.469 e. The zero-order chi connectivity index (χ0) is 29.1. The Kier molecular flexibility index (Phi) is 11.1. The van der Waals surface area contributed by atoms with Crippen molar-refractivity contribution < 1.29 is 23.9 Å². The number of nitrogens with zero attached hydrogens (tertiary/aromatic N) is 1. The molecule has 0 bridgehead atoms. The molecule has 0 heterocycles. The fourth-order valence-electron chi connectivity index (χ4n) is 3.99. The normalized spacial score (nSPS) is 12.0. The molecule has 2 aromatic carbocycles. The summed E-state index contributed by atoms with van der Waals surface area (Å²) in [4.78, 5) is 38.1. The summed E-state index contributed by atoms with van der Waals surface area (Å²) < 4.78 is 9.79. The number of methoxy groups -OCH3 is 1. The molecule has 0 radical (unpaired) electrons. The van der Waals surface area contributed by atoms with Crippen molar-refractivity contribution in [1.82, 2.24) is 5.32 Å². The molecule has 1 saturated carbocycles. The van der Waals surface area contributed by atoms with Gasteiger partial charge in [0.25, 0.3) is 0 Å². The Bertz CT molecular complexity index is 1290. The van der Waals surface area contributed by atoms with E-state index in [4.69, 9.17) is 14.9 Å². The lowest BCUT2D eigenvalue weighted by atomic mass is 10.0. The second kappa shape index (κ2) is 14.7. The van der Waals surface area contributed by atoms with Gasteiger partial charge in [0.05, 0.1) is 26.7 Å². The third kappa shape index (κ3) is 8.87. The molecule has 2 aromatic rings. The minimum atomic E-state index is -0.627. The average molecular weight is 547 g/mol. The first-order chi connectivity index (χ1) is 19.2. The van der Waals surface area contributed by atoms with Crippen molar-refractivity contribution in [1.29, 1.82) is 5.41 Å². The predicted molar refractivity (Wildman–Crippen MR) is 156 cm³/mol. The Morgan fingerprint density at radius 1 is 1.10 bits per heavy atom. The summed E-state index contributed by atoms with van der Waals surface area (Å²) >= 11 is 0. The number of nitrogens with one attached hydrogen (secondary N) is 3. The number of hydrogen-bond donors (Lipinski definition) is 3. The lowest BCUT2D eigenvalue weighted by Gasteiger charge is -2.25. The number of carbonyl (C=O) groups excluding carboxylic acids is 3. The molecule has 0 saturated heterocycles. The van der Waals surface area contributed by atoms with E-state index < -0.39 is 6.09 Å². The number of carbonyl (C=O) groups is 3. The van der Waals surface area contributed by atoms with Crippen LogP contribution in [0.1, 0.15) is 61.3 Å². The summed E-state index contributed by atoms with van der Waals surface area (Å²) in [5, 5.41) is 13.7. The van der Waals surface area contributed by atoms with Crippen molar-refractivity contribution in [3.63, 3.8) is 0 Å². The van der Waals surface area contributed by atoms with Crippen LogP contribution in [0.5, 0.6) is 0 Å². The molecule has 2 amide bonds. The highest BCUT2D eigenvalue weighted by atomic mass is 16.5. The highest BCUT2D eigenvalue weighted by Crippen LogP contribution is 2.34. The van der Waals surface area contributed by atoms with E-state index >= 15 is 0 Å². The number of rotatable bonds is 11. The minimum absolute atomic E-state index is 0.0233. The maximum Gasteiger partial charge on any atom is 0.412 e. The fourth-order valence-corrected chi connectivity index (χ4v) is 3.99. The van der Waals surface area contributed by atoms with Gasteiger partial charge in [0.15, 0.2) is 0 Å². The van der Waals surface area contributed by atoms with Gasteiger partial charge >= 0.3 is 12.1 Å². The van der Waals surface area contributed by atoms with Crippen LogP contribution in [0.4, 0.5) is 16.2 Å². The molecule has 3 rings (SSSR count). The van der Waals surface area contributed by atoms with Crippen molar-refractivity contribution in [3.8, 4) is 11.8 Å². The molecule has 1 fully saturated rings. The molecule has 9 nitrogen and oxygen atoms in total. The summed E-state index contributed by atoms with van der Waals surface area (Å²) in [6, 6.07) is 11.1. The first-order valence-corrected chi connectivity index (χ1v) is 13.6. The molecule has 0 atom stereocenters. The lowest BCUT2D eigenvalue weighted by Crippen LogP contribution is -2.35. The Hall–Kier alpha value is -4.32. The van der Waals surface area contributed by atoms with Crippen LogP contribution in [0.15, 0.2) is 36.4 Å². The number of esters is 1. The number of amidine groups is 1. The van der Waals surface area contributed by atoms with E-state index in [1.807, 2.05) is 45.0 Å². The van der Waals surface area contributed by atoms with Gasteiger partial charge in [-0.2, -0.15) is 0 Å². The number of amides is 2. The number of alkyl carbamates (subject to hydrolysis) is 1. The summed E-state index contributed by atoms with van der Waals surface area (Å²) in [5.41, 5.74) is 4.94. The molecule has 212 valence electrons. The SMILES string of the molecule is CCCCOC(=O)NC(=N)c1ccc(NCC#Cc2cc(C)c(N(CCC(=O)OC)C(=O)C3CC3)cc2C)cc1. The van der Waals surface area contributed by atoms with Gasteiger partial charge in [0, 0.05) is 35.0 Å². The van der Waals surface area contributed by atoms with Crippen LogP contribution >= 0.6 is 0 Å². The highest BCUT2D eigenvalue weighted by molar-refractivity contribution is 6.04. The molecule has 0 spiro atoms. The second-order valence-electron chi connectivity index (χ2n) is 9.77. The van der Waals surface area contributed by atoms with Crippen LogP contribution in [-0.4, -0.2) is 50.6 Å². The van der Waals surface area contributed by atoms with Crippen molar-refractivity contribution >= 4 is 35.2 Å². The smallest absolute Gasteiger partial charge is 0.412 e. The van der Waals surface area contributed by atoms with E-state index in [0.29, 0.717) is 18.7 Å². The maximum absolute atomic E-state index is 13.0. The Morgan fingerprint density at radius 3 is 2.48 bits per heavy atom. The molecule has 9 heteroatoms. The third-order valence-corrected chi connectivity index (χ3v) is 6.53. The molecule has 40 heavy (non-hydrogen) atoms. The molecule has 0 aromatic heterocycles. The van der Waals surface area contributed by atoms with Crippen molar-refractivity contribution in [2.45, 2.75) is 52.9 Å². The Labute approximate surface area is 236 Å². The van der Waals surface area contributed by atoms with Crippen LogP contribution in [0.25, 0.3) is 0 Å². The van der Waals surface area contributed by atoms with Gasteiger partial charge in [-0.25, -0.2) is 4.79 Å². The van der Waals surface area contributed by atoms with E-state index in [9.17, 15) is 14.4 Å². The molecular formula is C31H38N4O5. The fraction of sp³-hybridized carbons (Fsp3) is 0.419. The molecule has 3 N–H and O–H groups in total. The lowest BCUT2D eigenvalue weighted by molar-refractivity contribution is -0.140. The Balaban J connectivity index is 1.59. The first-order valence-electron chi connectivity index (χ1n) is 13.6. The van der Waals surface area contributed by atoms with Crippen molar-refractivity contribution in [3.05, 3.63) is 58.7 Å². The van der Waals surface area contributed by atoms with Crippen LogP contribution in [-0.2, 0) is 19.1 Å². The quantitative estimate of drug-likeness (QED) is 0.121. The molecule has 1 aliphatic carbocycles. The number of unbranched alkanes of at least 4 members (excludes halogenated alkanes) is 1. The monoisotopic (exact) mass is 546 g/mol. The Morgan fingerprint density at radius 2 is 1.82 bits per heavy atom. The summed E-state index contributed by atoms with van der Waals surface area (Å²) in [6.07, 6.45) is 3.00. The molecule has 0 unspecified atom stereocenters. The topological polar surface area (TPSA) is 121 Å². The van der Waals surface area contributed by atoms with Gasteiger partial charge in [0.1, 0.15) is 5.84 Å². The van der Waals surface area contributed by atoms with Gasteiger partial charge < -0.3 is 19.7 Å². The predicted octanol–water partition coefficient (Wildman–Crippen LogP) is 4.92. The van der Waals surface area contributed by atoms with Gasteiger partial charge in [-0.3, -0.25) is 20.3 Å². The number of ether oxygens (including phenoxy) is 2. The molecule has 0 aliphatic heterocycles. The zero-order valence-electron chi connectivity index (χ0n) is 23.7. The second-order valence-corrected chi connectivity index (χ2v) is 9.77. The van der Waals surface area contributed by atoms with E-state index in [-0.39, 0.29) is 36.6 Å². The van der Waals surface area contributed by atoms with E-state index in [1.165, 1.54) is 7.11 Å². The maximum atomic E-state index is 13.0. The van der Waals surface area contributed by atoms with Gasteiger partial charge in [-0.15, -0.1) is 0 Å². The van der Waals surface area contributed by atoms with Gasteiger partial charge in [-0.1, -0.05) is 25.2 Å². The van der Waals surface area contributed by atoms with Crippen LogP contribution in [0.3, 0.4) is 0 Å². The number of aryl methyl sites for hydroxylation is 2. The van der Waals surface area contributed by atoms with Crippen molar-refractivity contribution in [2.75, 3.05) is 37.0 Å².